The van der Waals surface area contributed by atoms with Gasteiger partial charge in [-0.25, -0.2) is 0 Å². The molecule has 6 nitrogen and oxygen atoms in total. The predicted octanol–water partition coefficient (Wildman–Crippen LogP) is 1.93. The second-order valence-electron chi connectivity index (χ2n) is 6.07. The van der Waals surface area contributed by atoms with Crippen LogP contribution in [0.15, 0.2) is 36.4 Å². The quantitative estimate of drug-likeness (QED) is 0.930. The first-order valence-corrected chi connectivity index (χ1v) is 8.11. The molecule has 2 heterocycles. The van der Waals surface area contributed by atoms with Gasteiger partial charge in [-0.05, 0) is 31.0 Å². The molecule has 1 unspecified atom stereocenters. The molecule has 6 heteroatoms. The average molecular weight is 326 g/mol. The highest BCUT2D eigenvalue weighted by Crippen LogP contribution is 2.13. The van der Waals surface area contributed by atoms with Gasteiger partial charge in [-0.2, -0.15) is 5.10 Å². The van der Waals surface area contributed by atoms with Gasteiger partial charge in [-0.1, -0.05) is 30.3 Å². The minimum atomic E-state index is -0.495. The van der Waals surface area contributed by atoms with Gasteiger partial charge in [-0.15, -0.1) is 5.10 Å². The van der Waals surface area contributed by atoms with Gasteiger partial charge in [0.05, 0.1) is 12.3 Å². The third-order valence-corrected chi connectivity index (χ3v) is 4.17. The van der Waals surface area contributed by atoms with Crippen molar-refractivity contribution in [3.8, 4) is 0 Å². The number of carbonyl (C=O) groups excluding carboxylic acids is 1. The summed E-state index contributed by atoms with van der Waals surface area (Å²) in [6.07, 6.45) is -0.495. The zero-order valence-corrected chi connectivity index (χ0v) is 14.0. The van der Waals surface area contributed by atoms with Crippen LogP contribution in [0.25, 0.3) is 0 Å². The van der Waals surface area contributed by atoms with E-state index in [1.54, 1.807) is 0 Å². The molecule has 1 aliphatic heterocycles. The first kappa shape index (κ1) is 16.5. The molecular weight excluding hydrogens is 304 g/mol. The van der Waals surface area contributed by atoms with Gasteiger partial charge in [0.2, 0.25) is 0 Å². The SMILES string of the molecule is Cc1cc(NC(=O)C2CN(Cc3ccccc3)CCO2)nnc1C. The van der Waals surface area contributed by atoms with E-state index in [0.29, 0.717) is 19.0 Å². The molecular formula is C18H22N4O2. The summed E-state index contributed by atoms with van der Waals surface area (Å²) < 4.78 is 5.63. The molecule has 24 heavy (non-hydrogen) atoms. The standard InChI is InChI=1S/C18H22N4O2/c1-13-10-17(21-20-14(13)2)19-18(23)16-12-22(8-9-24-16)11-15-6-4-3-5-7-15/h3-7,10,16H,8-9,11-12H2,1-2H3,(H,19,21,23). The highest BCUT2D eigenvalue weighted by atomic mass is 16.5. The van der Waals surface area contributed by atoms with Crippen LogP contribution in [-0.2, 0) is 16.1 Å². The molecule has 1 aromatic heterocycles. The summed E-state index contributed by atoms with van der Waals surface area (Å²) >= 11 is 0. The van der Waals surface area contributed by atoms with Gasteiger partial charge in [0.1, 0.15) is 6.10 Å². The number of ether oxygens (including phenoxy) is 1. The molecule has 1 aromatic carbocycles. The number of nitrogens with zero attached hydrogens (tertiary/aromatic N) is 3. The van der Waals surface area contributed by atoms with Crippen molar-refractivity contribution in [3.05, 3.63) is 53.2 Å². The smallest absolute Gasteiger partial charge is 0.256 e. The maximum absolute atomic E-state index is 12.4. The monoisotopic (exact) mass is 326 g/mol. The fourth-order valence-corrected chi connectivity index (χ4v) is 2.66. The Bertz CT molecular complexity index is 705. The zero-order valence-electron chi connectivity index (χ0n) is 14.0. The van der Waals surface area contributed by atoms with E-state index in [-0.39, 0.29) is 5.91 Å². The molecule has 1 N–H and O–H groups in total. The van der Waals surface area contributed by atoms with E-state index in [1.807, 2.05) is 38.1 Å². The predicted molar refractivity (Wildman–Crippen MR) is 91.6 cm³/mol. The second-order valence-corrected chi connectivity index (χ2v) is 6.07. The van der Waals surface area contributed by atoms with Crippen LogP contribution in [0.1, 0.15) is 16.8 Å². The van der Waals surface area contributed by atoms with Crippen LogP contribution < -0.4 is 5.32 Å². The molecule has 1 aliphatic rings. The number of anilines is 1. The molecule has 1 saturated heterocycles. The van der Waals surface area contributed by atoms with E-state index in [2.05, 4.69) is 32.5 Å². The molecule has 0 bridgehead atoms. The fraction of sp³-hybridized carbons (Fsp3) is 0.389. The van der Waals surface area contributed by atoms with Crippen molar-refractivity contribution in [2.45, 2.75) is 26.5 Å². The first-order valence-electron chi connectivity index (χ1n) is 8.11. The summed E-state index contributed by atoms with van der Waals surface area (Å²) in [5.41, 5.74) is 3.09. The number of amides is 1. The highest BCUT2D eigenvalue weighted by Gasteiger charge is 2.27. The third-order valence-electron chi connectivity index (χ3n) is 4.17. The molecule has 2 aromatic rings. The topological polar surface area (TPSA) is 67.4 Å². The summed E-state index contributed by atoms with van der Waals surface area (Å²) in [4.78, 5) is 14.7. The lowest BCUT2D eigenvalue weighted by atomic mass is 10.2. The Morgan fingerprint density at radius 3 is 2.83 bits per heavy atom. The summed E-state index contributed by atoms with van der Waals surface area (Å²) in [5, 5.41) is 10.8. The number of aryl methyl sites for hydroxylation is 2. The van der Waals surface area contributed by atoms with Gasteiger partial charge in [-0.3, -0.25) is 9.69 Å². The number of morpholine rings is 1. The molecule has 0 spiro atoms. The van der Waals surface area contributed by atoms with Crippen LogP contribution in [0.2, 0.25) is 0 Å². The van der Waals surface area contributed by atoms with Crippen LogP contribution in [-0.4, -0.2) is 46.8 Å². The minimum Gasteiger partial charge on any atom is -0.366 e. The highest BCUT2D eigenvalue weighted by molar-refractivity contribution is 5.93. The summed E-state index contributed by atoms with van der Waals surface area (Å²) in [5.74, 6) is 0.289. The van der Waals surface area contributed by atoms with Crippen molar-refractivity contribution in [1.82, 2.24) is 15.1 Å². The fourth-order valence-electron chi connectivity index (χ4n) is 2.66. The minimum absolute atomic E-state index is 0.176. The largest absolute Gasteiger partial charge is 0.366 e. The molecule has 0 saturated carbocycles. The molecule has 1 atom stereocenters. The average Bonchev–Trinajstić information content (AvgIpc) is 2.59. The van der Waals surface area contributed by atoms with Crippen LogP contribution in [0.5, 0.6) is 0 Å². The van der Waals surface area contributed by atoms with Crippen LogP contribution in [0.4, 0.5) is 5.82 Å². The Balaban J connectivity index is 1.59. The Hall–Kier alpha value is -2.31. The number of hydrogen-bond acceptors (Lipinski definition) is 5. The number of aromatic nitrogens is 2. The number of hydrogen-bond donors (Lipinski definition) is 1. The van der Waals surface area contributed by atoms with E-state index in [1.165, 1.54) is 5.56 Å². The lowest BCUT2D eigenvalue weighted by Crippen LogP contribution is -2.47. The third kappa shape index (κ3) is 4.15. The van der Waals surface area contributed by atoms with Crippen LogP contribution in [0, 0.1) is 13.8 Å². The lowest BCUT2D eigenvalue weighted by Gasteiger charge is -2.32. The van der Waals surface area contributed by atoms with Crippen molar-refractivity contribution < 1.29 is 9.53 Å². The Labute approximate surface area is 141 Å². The molecule has 0 radical (unpaired) electrons. The summed E-state index contributed by atoms with van der Waals surface area (Å²) in [6, 6.07) is 12.1. The first-order chi connectivity index (χ1) is 11.6. The van der Waals surface area contributed by atoms with E-state index in [0.717, 1.165) is 24.3 Å². The van der Waals surface area contributed by atoms with E-state index >= 15 is 0 Å². The molecule has 0 aliphatic carbocycles. The maximum Gasteiger partial charge on any atom is 0.256 e. The summed E-state index contributed by atoms with van der Waals surface area (Å²) in [6.45, 7) is 6.58. The van der Waals surface area contributed by atoms with Crippen LogP contribution >= 0.6 is 0 Å². The molecule has 1 amide bonds. The molecule has 3 rings (SSSR count). The van der Waals surface area contributed by atoms with Gasteiger partial charge in [0, 0.05) is 19.6 Å². The second kappa shape index (κ2) is 7.51. The Kier molecular flexibility index (Phi) is 5.17. The van der Waals surface area contributed by atoms with E-state index in [4.69, 9.17) is 4.74 Å². The lowest BCUT2D eigenvalue weighted by molar-refractivity contribution is -0.133. The Morgan fingerprint density at radius 2 is 2.08 bits per heavy atom. The van der Waals surface area contributed by atoms with Crippen LogP contribution in [0.3, 0.4) is 0 Å². The van der Waals surface area contributed by atoms with Gasteiger partial charge in [0.15, 0.2) is 5.82 Å². The van der Waals surface area contributed by atoms with Crippen molar-refractivity contribution in [1.29, 1.82) is 0 Å². The van der Waals surface area contributed by atoms with Crippen molar-refractivity contribution in [3.63, 3.8) is 0 Å². The molecule has 1 fully saturated rings. The Morgan fingerprint density at radius 1 is 1.29 bits per heavy atom. The molecule has 126 valence electrons. The van der Waals surface area contributed by atoms with Crippen molar-refractivity contribution in [2.75, 3.05) is 25.0 Å². The number of nitrogens with one attached hydrogen (secondary N) is 1. The normalized spacial score (nSPS) is 18.3. The van der Waals surface area contributed by atoms with Crippen molar-refractivity contribution >= 4 is 11.7 Å². The van der Waals surface area contributed by atoms with Gasteiger partial charge < -0.3 is 10.1 Å². The van der Waals surface area contributed by atoms with Crippen molar-refractivity contribution in [2.24, 2.45) is 0 Å². The summed E-state index contributed by atoms with van der Waals surface area (Å²) in [7, 11) is 0. The van der Waals surface area contributed by atoms with E-state index in [9.17, 15) is 4.79 Å². The maximum atomic E-state index is 12.4. The zero-order chi connectivity index (χ0) is 16.9. The van der Waals surface area contributed by atoms with Gasteiger partial charge in [0.25, 0.3) is 5.91 Å². The van der Waals surface area contributed by atoms with Gasteiger partial charge >= 0.3 is 0 Å². The number of carbonyl (C=O) groups is 1. The number of benzene rings is 1. The van der Waals surface area contributed by atoms with E-state index < -0.39 is 6.10 Å². The number of rotatable bonds is 4.